The molecule has 0 saturated heterocycles. The molecular weight excluding hydrogens is 454 g/mol. The van der Waals surface area contributed by atoms with Crippen molar-refractivity contribution < 1.29 is 13.6 Å². The average molecular weight is 483 g/mol. The molecule has 3 aromatic rings. The first-order valence-corrected chi connectivity index (χ1v) is 11.9. The van der Waals surface area contributed by atoms with Gasteiger partial charge in [-0.2, -0.15) is 10.2 Å². The summed E-state index contributed by atoms with van der Waals surface area (Å²) < 4.78 is 31.1. The topological polar surface area (TPSA) is 135 Å². The van der Waals surface area contributed by atoms with Crippen LogP contribution in [-0.4, -0.2) is 31.5 Å². The number of nitrogens with two attached hydrogens (primary N) is 1. The minimum Gasteiger partial charge on any atom is -0.370 e. The van der Waals surface area contributed by atoms with E-state index in [1.807, 2.05) is 6.92 Å². The number of hydrogen-bond acceptors (Lipinski definition) is 7. The fourth-order valence-electron chi connectivity index (χ4n) is 4.56. The second-order valence-electron chi connectivity index (χ2n) is 8.83. The number of nitriles is 1. The van der Waals surface area contributed by atoms with Gasteiger partial charge < -0.3 is 16.4 Å². The van der Waals surface area contributed by atoms with Crippen LogP contribution in [0.1, 0.15) is 69.9 Å². The number of benzene rings is 1. The monoisotopic (exact) mass is 482 g/mol. The van der Waals surface area contributed by atoms with Gasteiger partial charge in [0.1, 0.15) is 11.2 Å². The van der Waals surface area contributed by atoms with Crippen LogP contribution >= 0.6 is 0 Å². The van der Waals surface area contributed by atoms with Crippen molar-refractivity contribution in [2.45, 2.75) is 70.4 Å². The number of anilines is 3. The van der Waals surface area contributed by atoms with Crippen LogP contribution in [0.3, 0.4) is 0 Å². The highest BCUT2D eigenvalue weighted by Gasteiger charge is 2.24. The van der Waals surface area contributed by atoms with Crippen molar-refractivity contribution >= 4 is 34.7 Å². The molecule has 0 aliphatic heterocycles. The lowest BCUT2D eigenvalue weighted by Crippen LogP contribution is -2.19. The summed E-state index contributed by atoms with van der Waals surface area (Å²) in [5.41, 5.74) is 5.78. The van der Waals surface area contributed by atoms with Crippen molar-refractivity contribution in [1.29, 1.82) is 5.26 Å². The fraction of sp³-hybridized carbons (Fsp3) is 0.458. The van der Waals surface area contributed by atoms with Crippen molar-refractivity contribution in [3.63, 3.8) is 0 Å². The molecular formula is C24H28F2N8O. The zero-order valence-electron chi connectivity index (χ0n) is 19.5. The number of primary amides is 1. The molecule has 0 bridgehead atoms. The zero-order chi connectivity index (χ0) is 24.9. The molecule has 1 amide bonds. The van der Waals surface area contributed by atoms with Gasteiger partial charge in [0.2, 0.25) is 17.8 Å². The van der Waals surface area contributed by atoms with Crippen LogP contribution < -0.4 is 16.4 Å². The number of imidazole rings is 1. The van der Waals surface area contributed by atoms with Crippen molar-refractivity contribution in [2.24, 2.45) is 5.73 Å². The normalized spacial score (nSPS) is 14.7. The van der Waals surface area contributed by atoms with E-state index in [0.29, 0.717) is 36.0 Å². The summed E-state index contributed by atoms with van der Waals surface area (Å²) in [7, 11) is 0. The van der Waals surface area contributed by atoms with Crippen molar-refractivity contribution in [3.05, 3.63) is 35.5 Å². The van der Waals surface area contributed by atoms with E-state index in [-0.39, 0.29) is 24.0 Å². The maximum atomic E-state index is 14.7. The Hall–Kier alpha value is -3.81. The van der Waals surface area contributed by atoms with E-state index in [1.165, 1.54) is 0 Å². The summed E-state index contributed by atoms with van der Waals surface area (Å²) in [6, 6.07) is 3.69. The van der Waals surface area contributed by atoms with E-state index in [0.717, 1.165) is 44.2 Å². The van der Waals surface area contributed by atoms with E-state index in [4.69, 9.17) is 16.0 Å². The Labute approximate surface area is 201 Å². The minimum absolute atomic E-state index is 0.127. The third-order valence-electron chi connectivity index (χ3n) is 6.24. The molecule has 4 N–H and O–H groups in total. The number of halogens is 2. The van der Waals surface area contributed by atoms with Crippen molar-refractivity contribution in [3.8, 4) is 6.07 Å². The molecule has 0 spiro atoms. The Morgan fingerprint density at radius 1 is 1.26 bits per heavy atom. The highest BCUT2D eigenvalue weighted by Crippen LogP contribution is 2.33. The van der Waals surface area contributed by atoms with Gasteiger partial charge in [-0.25, -0.2) is 18.7 Å². The number of aromatic nitrogens is 4. The van der Waals surface area contributed by atoms with E-state index < -0.39 is 23.2 Å². The summed E-state index contributed by atoms with van der Waals surface area (Å²) in [6.45, 7) is 2.01. The van der Waals surface area contributed by atoms with Crippen LogP contribution in [-0.2, 0) is 4.79 Å². The molecule has 1 aliphatic rings. The second kappa shape index (κ2) is 10.6. The van der Waals surface area contributed by atoms with E-state index in [1.54, 1.807) is 16.8 Å². The Balaban J connectivity index is 1.79. The van der Waals surface area contributed by atoms with Crippen LogP contribution in [0.15, 0.2) is 18.3 Å². The predicted octanol–water partition coefficient (Wildman–Crippen LogP) is 4.68. The summed E-state index contributed by atoms with van der Waals surface area (Å²) in [5, 5.41) is 15.1. The Bertz CT molecular complexity index is 1240. The van der Waals surface area contributed by atoms with Gasteiger partial charge in [-0.3, -0.25) is 9.36 Å². The Morgan fingerprint density at radius 2 is 1.97 bits per heavy atom. The third-order valence-corrected chi connectivity index (χ3v) is 6.24. The molecule has 184 valence electrons. The van der Waals surface area contributed by atoms with Gasteiger partial charge in [0.05, 0.1) is 17.8 Å². The lowest BCUT2D eigenvalue weighted by Gasteiger charge is -2.21. The summed E-state index contributed by atoms with van der Waals surface area (Å²) in [5.74, 6) is -1.65. The molecule has 11 heteroatoms. The molecule has 0 unspecified atom stereocenters. The molecule has 1 aliphatic carbocycles. The summed E-state index contributed by atoms with van der Waals surface area (Å²) >= 11 is 0. The van der Waals surface area contributed by atoms with Gasteiger partial charge in [0.15, 0.2) is 17.3 Å². The first-order chi connectivity index (χ1) is 16.9. The van der Waals surface area contributed by atoms with Crippen molar-refractivity contribution in [2.75, 3.05) is 10.6 Å². The highest BCUT2D eigenvalue weighted by atomic mass is 19.1. The molecule has 1 saturated carbocycles. The van der Waals surface area contributed by atoms with E-state index in [2.05, 4.69) is 20.6 Å². The molecule has 35 heavy (non-hydrogen) atoms. The van der Waals surface area contributed by atoms with Gasteiger partial charge >= 0.3 is 0 Å². The smallest absolute Gasteiger partial charge is 0.224 e. The first-order valence-electron chi connectivity index (χ1n) is 11.9. The number of carbonyl (C=O) groups excluding carboxylic acids is 1. The van der Waals surface area contributed by atoms with Gasteiger partial charge in [-0.15, -0.1) is 0 Å². The summed E-state index contributed by atoms with van der Waals surface area (Å²) in [6.07, 6.45) is 7.98. The zero-order valence-corrected chi connectivity index (χ0v) is 19.5. The number of nitrogens with one attached hydrogen (secondary N) is 2. The maximum Gasteiger partial charge on any atom is 0.224 e. The molecule has 4 rings (SSSR count). The standard InChI is InChI=1S/C24H28F2N8O/c1-2-5-16(8-9-20(28)35)34-22-19(13-29-23(33-22)30-15-6-3-4-7-15)31-24(34)32-21-17(25)10-14(12-27)11-18(21)26/h10-11,13,15-16H,2-9H2,1H3,(H2,28,35)(H,31,32)(H,29,30,33)/t16-/m0/s1. The molecule has 1 fully saturated rings. The number of hydrogen-bond donors (Lipinski definition) is 3. The molecule has 9 nitrogen and oxygen atoms in total. The van der Waals surface area contributed by atoms with Crippen LogP contribution in [0.4, 0.5) is 26.4 Å². The Kier molecular flexibility index (Phi) is 7.39. The van der Waals surface area contributed by atoms with Crippen LogP contribution in [0.2, 0.25) is 0 Å². The van der Waals surface area contributed by atoms with E-state index >= 15 is 0 Å². The van der Waals surface area contributed by atoms with E-state index in [9.17, 15) is 13.6 Å². The largest absolute Gasteiger partial charge is 0.370 e. The number of carbonyl (C=O) groups is 1. The number of amides is 1. The molecule has 2 aromatic heterocycles. The minimum atomic E-state index is -0.918. The summed E-state index contributed by atoms with van der Waals surface area (Å²) in [4.78, 5) is 25.1. The van der Waals surface area contributed by atoms with Gasteiger partial charge in [-0.1, -0.05) is 26.2 Å². The molecule has 2 heterocycles. The number of fused-ring (bicyclic) bond motifs is 1. The Morgan fingerprint density at radius 3 is 2.60 bits per heavy atom. The molecule has 1 aromatic carbocycles. The van der Waals surface area contributed by atoms with Crippen LogP contribution in [0, 0.1) is 23.0 Å². The number of rotatable bonds is 10. The average Bonchev–Trinajstić information content (AvgIpc) is 3.46. The van der Waals surface area contributed by atoms with Gasteiger partial charge in [-0.05, 0) is 37.8 Å². The second-order valence-corrected chi connectivity index (χ2v) is 8.83. The third kappa shape index (κ3) is 5.48. The number of nitrogens with zero attached hydrogens (tertiary/aromatic N) is 5. The van der Waals surface area contributed by atoms with Gasteiger partial charge in [0, 0.05) is 18.5 Å². The maximum absolute atomic E-state index is 14.7. The molecule has 1 atom stereocenters. The van der Waals surface area contributed by atoms with Crippen LogP contribution in [0.5, 0.6) is 0 Å². The SMILES string of the molecule is CCC[C@@H](CCC(N)=O)n1c(Nc2c(F)cc(C#N)cc2F)nc2cnc(NC3CCCC3)nc21. The lowest BCUT2D eigenvalue weighted by atomic mass is 10.1. The molecule has 0 radical (unpaired) electrons. The first kappa shape index (κ1) is 24.3. The predicted molar refractivity (Wildman–Crippen MR) is 128 cm³/mol. The fourth-order valence-corrected chi connectivity index (χ4v) is 4.56. The van der Waals surface area contributed by atoms with Gasteiger partial charge in [0.25, 0.3) is 0 Å². The lowest BCUT2D eigenvalue weighted by molar-refractivity contribution is -0.118. The van der Waals surface area contributed by atoms with Crippen LogP contribution in [0.25, 0.3) is 11.2 Å². The quantitative estimate of drug-likeness (QED) is 0.382. The van der Waals surface area contributed by atoms with Crippen molar-refractivity contribution in [1.82, 2.24) is 19.5 Å². The highest BCUT2D eigenvalue weighted by molar-refractivity contribution is 5.77.